The van der Waals surface area contributed by atoms with Gasteiger partial charge in [-0.15, -0.1) is 0 Å². The van der Waals surface area contributed by atoms with Crippen LogP contribution in [0.15, 0.2) is 46.9 Å². The number of nitrogens with one attached hydrogen (secondary N) is 1. The Balaban J connectivity index is 2.15. The van der Waals surface area contributed by atoms with Gasteiger partial charge in [-0.2, -0.15) is 0 Å². The fraction of sp³-hybridized carbons (Fsp3) is 0.133. The molecule has 2 rings (SSSR count). The molecule has 0 aliphatic carbocycles. The Morgan fingerprint density at radius 3 is 2.35 bits per heavy atom. The van der Waals surface area contributed by atoms with E-state index in [1.54, 1.807) is 18.2 Å². The van der Waals surface area contributed by atoms with Gasteiger partial charge in [0.05, 0.1) is 5.56 Å². The summed E-state index contributed by atoms with van der Waals surface area (Å²) < 4.78 is 14.3. The summed E-state index contributed by atoms with van der Waals surface area (Å²) in [6, 6.07) is 11.7. The van der Waals surface area contributed by atoms with E-state index >= 15 is 0 Å². The minimum Gasteiger partial charge on any atom is -0.378 e. The second kappa shape index (κ2) is 6.05. The lowest BCUT2D eigenvalue weighted by molar-refractivity contribution is 0.102. The van der Waals surface area contributed by atoms with E-state index in [0.717, 1.165) is 5.69 Å². The Kier molecular flexibility index (Phi) is 4.39. The highest BCUT2D eigenvalue weighted by Crippen LogP contribution is 2.19. The molecular weight excluding hydrogens is 323 g/mol. The second-order valence-corrected chi connectivity index (χ2v) is 5.44. The summed E-state index contributed by atoms with van der Waals surface area (Å²) in [4.78, 5) is 13.9. The van der Waals surface area contributed by atoms with Crippen molar-refractivity contribution in [1.82, 2.24) is 0 Å². The van der Waals surface area contributed by atoms with Gasteiger partial charge in [0.15, 0.2) is 0 Å². The molecule has 0 radical (unpaired) electrons. The summed E-state index contributed by atoms with van der Waals surface area (Å²) in [7, 11) is 3.87. The molecule has 0 fully saturated rings. The standard InChI is InChI=1S/C15H14BrFN2O/c1-19(2)12-6-4-11(5-7-12)18-15(20)13-8-3-10(16)9-14(13)17/h3-9H,1-2H3,(H,18,20). The van der Waals surface area contributed by atoms with Crippen molar-refractivity contribution in [3.63, 3.8) is 0 Å². The molecule has 0 unspecified atom stereocenters. The number of hydrogen-bond donors (Lipinski definition) is 1. The molecule has 0 bridgehead atoms. The van der Waals surface area contributed by atoms with Crippen LogP contribution in [0.1, 0.15) is 10.4 Å². The fourth-order valence-electron chi connectivity index (χ4n) is 1.71. The average molecular weight is 337 g/mol. The van der Waals surface area contributed by atoms with Crippen molar-refractivity contribution in [2.45, 2.75) is 0 Å². The van der Waals surface area contributed by atoms with Crippen molar-refractivity contribution >= 4 is 33.2 Å². The Morgan fingerprint density at radius 1 is 1.15 bits per heavy atom. The van der Waals surface area contributed by atoms with Crippen LogP contribution < -0.4 is 10.2 Å². The zero-order valence-corrected chi connectivity index (χ0v) is 12.7. The Labute approximate surface area is 125 Å². The number of benzene rings is 2. The van der Waals surface area contributed by atoms with Crippen LogP contribution in [0.2, 0.25) is 0 Å². The molecule has 20 heavy (non-hydrogen) atoms. The second-order valence-electron chi connectivity index (χ2n) is 4.52. The third kappa shape index (κ3) is 3.36. The molecule has 0 spiro atoms. The molecule has 5 heteroatoms. The highest BCUT2D eigenvalue weighted by molar-refractivity contribution is 9.10. The van der Waals surface area contributed by atoms with E-state index in [1.165, 1.54) is 12.1 Å². The van der Waals surface area contributed by atoms with Crippen molar-refractivity contribution in [2.24, 2.45) is 0 Å². The van der Waals surface area contributed by atoms with Crippen molar-refractivity contribution < 1.29 is 9.18 Å². The summed E-state index contributed by atoms with van der Waals surface area (Å²) in [6.45, 7) is 0. The van der Waals surface area contributed by atoms with E-state index in [1.807, 2.05) is 31.1 Å². The Morgan fingerprint density at radius 2 is 1.80 bits per heavy atom. The molecule has 0 saturated heterocycles. The quantitative estimate of drug-likeness (QED) is 0.921. The first kappa shape index (κ1) is 14.5. The minimum atomic E-state index is -0.554. The first-order chi connectivity index (χ1) is 9.47. The van der Waals surface area contributed by atoms with Gasteiger partial charge in [0.1, 0.15) is 5.82 Å². The van der Waals surface area contributed by atoms with Gasteiger partial charge in [-0.05, 0) is 42.5 Å². The van der Waals surface area contributed by atoms with Crippen molar-refractivity contribution in [3.8, 4) is 0 Å². The summed E-state index contributed by atoms with van der Waals surface area (Å²) in [5.74, 6) is -1.02. The molecule has 2 aromatic rings. The number of carbonyl (C=O) groups is 1. The highest BCUT2D eigenvalue weighted by Gasteiger charge is 2.12. The Hall–Kier alpha value is -1.88. The maximum atomic E-state index is 13.7. The van der Waals surface area contributed by atoms with Crippen LogP contribution in [0.4, 0.5) is 15.8 Å². The van der Waals surface area contributed by atoms with Gasteiger partial charge in [0.25, 0.3) is 5.91 Å². The van der Waals surface area contributed by atoms with E-state index < -0.39 is 11.7 Å². The number of amides is 1. The zero-order chi connectivity index (χ0) is 14.7. The lowest BCUT2D eigenvalue weighted by atomic mass is 10.2. The van der Waals surface area contributed by atoms with Gasteiger partial charge in [-0.3, -0.25) is 4.79 Å². The molecule has 0 aliphatic heterocycles. The summed E-state index contributed by atoms with van der Waals surface area (Å²) >= 11 is 3.16. The van der Waals surface area contributed by atoms with Crippen LogP contribution in [0, 0.1) is 5.82 Å². The molecule has 0 saturated carbocycles. The van der Waals surface area contributed by atoms with Crippen molar-refractivity contribution in [2.75, 3.05) is 24.3 Å². The number of hydrogen-bond acceptors (Lipinski definition) is 2. The van der Waals surface area contributed by atoms with Crippen LogP contribution in [0.3, 0.4) is 0 Å². The number of anilines is 2. The first-order valence-corrected chi connectivity index (χ1v) is 6.80. The van der Waals surface area contributed by atoms with Crippen LogP contribution in [0.25, 0.3) is 0 Å². The average Bonchev–Trinajstić information content (AvgIpc) is 2.39. The topological polar surface area (TPSA) is 32.3 Å². The largest absolute Gasteiger partial charge is 0.378 e. The molecule has 0 aliphatic rings. The van der Waals surface area contributed by atoms with Gasteiger partial charge in [-0.25, -0.2) is 4.39 Å². The number of rotatable bonds is 3. The zero-order valence-electron chi connectivity index (χ0n) is 11.2. The molecule has 0 aromatic heterocycles. The Bertz CT molecular complexity index is 626. The molecule has 0 atom stereocenters. The minimum absolute atomic E-state index is 0.0184. The predicted octanol–water partition coefficient (Wildman–Crippen LogP) is 3.91. The van der Waals surface area contributed by atoms with E-state index in [9.17, 15) is 9.18 Å². The van der Waals surface area contributed by atoms with Gasteiger partial charge < -0.3 is 10.2 Å². The molecular formula is C15H14BrFN2O. The number of nitrogens with zero attached hydrogens (tertiary/aromatic N) is 1. The molecule has 2 aromatic carbocycles. The summed E-state index contributed by atoms with van der Waals surface area (Å²) in [6.07, 6.45) is 0. The number of carbonyl (C=O) groups excluding carboxylic acids is 1. The van der Waals surface area contributed by atoms with E-state index in [-0.39, 0.29) is 5.56 Å². The number of halogens is 2. The van der Waals surface area contributed by atoms with Gasteiger partial charge in [-0.1, -0.05) is 15.9 Å². The normalized spacial score (nSPS) is 10.2. The SMILES string of the molecule is CN(C)c1ccc(NC(=O)c2ccc(Br)cc2F)cc1. The molecule has 3 nitrogen and oxygen atoms in total. The highest BCUT2D eigenvalue weighted by atomic mass is 79.9. The van der Waals surface area contributed by atoms with Gasteiger partial charge in [0.2, 0.25) is 0 Å². The third-order valence-corrected chi connectivity index (χ3v) is 3.31. The molecule has 1 N–H and O–H groups in total. The summed E-state index contributed by atoms with van der Waals surface area (Å²) in [5, 5.41) is 2.67. The van der Waals surface area contributed by atoms with E-state index in [0.29, 0.717) is 10.2 Å². The van der Waals surface area contributed by atoms with Crippen LogP contribution in [0.5, 0.6) is 0 Å². The monoisotopic (exact) mass is 336 g/mol. The van der Waals surface area contributed by atoms with E-state index in [4.69, 9.17) is 0 Å². The lowest BCUT2D eigenvalue weighted by Crippen LogP contribution is -2.14. The van der Waals surface area contributed by atoms with Crippen LogP contribution in [-0.2, 0) is 0 Å². The van der Waals surface area contributed by atoms with Crippen molar-refractivity contribution in [3.05, 3.63) is 58.3 Å². The predicted molar refractivity (Wildman–Crippen MR) is 82.8 cm³/mol. The van der Waals surface area contributed by atoms with Crippen molar-refractivity contribution in [1.29, 1.82) is 0 Å². The lowest BCUT2D eigenvalue weighted by Gasteiger charge is -2.13. The van der Waals surface area contributed by atoms with Gasteiger partial charge >= 0.3 is 0 Å². The summed E-state index contributed by atoms with van der Waals surface area (Å²) in [5.41, 5.74) is 1.67. The molecule has 104 valence electrons. The molecule has 1 amide bonds. The smallest absolute Gasteiger partial charge is 0.258 e. The van der Waals surface area contributed by atoms with Crippen LogP contribution in [-0.4, -0.2) is 20.0 Å². The maximum Gasteiger partial charge on any atom is 0.258 e. The van der Waals surface area contributed by atoms with E-state index in [2.05, 4.69) is 21.2 Å². The molecule has 0 heterocycles. The van der Waals surface area contributed by atoms with Crippen LogP contribution >= 0.6 is 15.9 Å². The third-order valence-electron chi connectivity index (χ3n) is 2.82. The first-order valence-electron chi connectivity index (χ1n) is 6.01. The maximum absolute atomic E-state index is 13.7. The van der Waals surface area contributed by atoms with Gasteiger partial charge in [0, 0.05) is 29.9 Å². The fourth-order valence-corrected chi connectivity index (χ4v) is 2.05.